The van der Waals surface area contributed by atoms with Crippen LogP contribution in [0.15, 0.2) is 25.3 Å². The summed E-state index contributed by atoms with van der Waals surface area (Å²) < 4.78 is 12.4. The predicted molar refractivity (Wildman–Crippen MR) is 144 cm³/mol. The van der Waals surface area contributed by atoms with Crippen LogP contribution < -0.4 is 0 Å². The van der Waals surface area contributed by atoms with Crippen LogP contribution in [-0.4, -0.2) is 81.8 Å². The molecular formula is C30H46N2O6. The molecule has 3 unspecified atom stereocenters. The van der Waals surface area contributed by atoms with Gasteiger partial charge < -0.3 is 24.4 Å². The van der Waals surface area contributed by atoms with E-state index in [1.807, 2.05) is 32.6 Å². The molecule has 1 N–H and O–H groups in total. The van der Waals surface area contributed by atoms with Gasteiger partial charge in [-0.15, -0.1) is 13.2 Å². The van der Waals surface area contributed by atoms with E-state index in [2.05, 4.69) is 13.2 Å². The number of esters is 1. The van der Waals surface area contributed by atoms with Gasteiger partial charge in [0.15, 0.2) is 0 Å². The van der Waals surface area contributed by atoms with Gasteiger partial charge in [0.2, 0.25) is 11.8 Å². The normalized spacial score (nSPS) is 35.3. The summed E-state index contributed by atoms with van der Waals surface area (Å²) in [5.41, 5.74) is -2.07. The van der Waals surface area contributed by atoms with Crippen LogP contribution in [0.25, 0.3) is 0 Å². The van der Waals surface area contributed by atoms with Gasteiger partial charge in [0.05, 0.1) is 30.8 Å². The summed E-state index contributed by atoms with van der Waals surface area (Å²) in [5, 5.41) is 10.4. The van der Waals surface area contributed by atoms with Crippen molar-refractivity contribution in [3.63, 3.8) is 0 Å². The molecule has 3 heterocycles. The molecule has 4 fully saturated rings. The second kappa shape index (κ2) is 11.1. The number of aliphatic hydroxyl groups is 1. The number of hydrogen-bond acceptors (Lipinski definition) is 6. The van der Waals surface area contributed by atoms with Crippen LogP contribution in [0.2, 0.25) is 0 Å². The van der Waals surface area contributed by atoms with E-state index in [0.717, 1.165) is 32.1 Å². The third-order valence-corrected chi connectivity index (χ3v) is 9.74. The fraction of sp³-hybridized carbons (Fsp3) is 0.767. The second-order valence-electron chi connectivity index (χ2n) is 12.3. The van der Waals surface area contributed by atoms with Crippen molar-refractivity contribution in [1.82, 2.24) is 9.80 Å². The van der Waals surface area contributed by atoms with E-state index >= 15 is 0 Å². The highest BCUT2D eigenvalue weighted by atomic mass is 16.6. The molecule has 0 aromatic rings. The highest BCUT2D eigenvalue weighted by Gasteiger charge is 2.81. The Balaban J connectivity index is 1.81. The first-order valence-electron chi connectivity index (χ1n) is 14.4. The lowest BCUT2D eigenvalue weighted by Crippen LogP contribution is -2.61. The average Bonchev–Trinajstić information content (AvgIpc) is 3.40. The number of fused-ring (bicyclic) bond motifs is 1. The number of amides is 2. The molecule has 7 atom stereocenters. The Hall–Kier alpha value is -2.19. The van der Waals surface area contributed by atoms with Crippen molar-refractivity contribution in [3.05, 3.63) is 25.3 Å². The van der Waals surface area contributed by atoms with Gasteiger partial charge in [-0.2, -0.15) is 0 Å². The van der Waals surface area contributed by atoms with Crippen LogP contribution >= 0.6 is 0 Å². The zero-order chi connectivity index (χ0) is 27.8. The van der Waals surface area contributed by atoms with Crippen LogP contribution in [0.4, 0.5) is 0 Å². The van der Waals surface area contributed by atoms with Crippen molar-refractivity contribution in [2.45, 2.75) is 102 Å². The molecule has 8 nitrogen and oxygen atoms in total. The number of carbonyl (C=O) groups is 3. The minimum absolute atomic E-state index is 0.0621. The number of likely N-dealkylation sites (tertiary alicyclic amines) is 1. The first-order chi connectivity index (χ1) is 18.1. The Labute approximate surface area is 227 Å². The van der Waals surface area contributed by atoms with Crippen LogP contribution in [-0.2, 0) is 23.9 Å². The van der Waals surface area contributed by atoms with Gasteiger partial charge in [0.1, 0.15) is 17.6 Å². The van der Waals surface area contributed by atoms with Crippen molar-refractivity contribution < 1.29 is 29.0 Å². The Morgan fingerprint density at radius 2 is 1.92 bits per heavy atom. The molecule has 0 aromatic heterocycles. The minimum atomic E-state index is -1.15. The number of carbonyl (C=O) groups excluding carboxylic acids is 3. The monoisotopic (exact) mass is 530 g/mol. The van der Waals surface area contributed by atoms with E-state index in [1.165, 1.54) is 0 Å². The maximum Gasteiger partial charge on any atom is 0.312 e. The number of aliphatic hydroxyl groups excluding tert-OH is 1. The lowest BCUT2D eigenvalue weighted by Gasteiger charge is -2.43. The second-order valence-corrected chi connectivity index (χ2v) is 12.3. The number of nitrogens with zero attached hydrogens (tertiary/aromatic N) is 2. The molecule has 1 saturated carbocycles. The Bertz CT molecular complexity index is 945. The van der Waals surface area contributed by atoms with Gasteiger partial charge in [-0.05, 0) is 44.4 Å². The average molecular weight is 531 g/mol. The van der Waals surface area contributed by atoms with Gasteiger partial charge in [-0.25, -0.2) is 0 Å². The summed E-state index contributed by atoms with van der Waals surface area (Å²) >= 11 is 0. The summed E-state index contributed by atoms with van der Waals surface area (Å²) in [4.78, 5) is 46.0. The fourth-order valence-corrected chi connectivity index (χ4v) is 7.73. The van der Waals surface area contributed by atoms with E-state index < -0.39 is 41.1 Å². The predicted octanol–water partition coefficient (Wildman–Crippen LogP) is 3.48. The maximum atomic E-state index is 14.7. The van der Waals surface area contributed by atoms with Crippen molar-refractivity contribution in [1.29, 1.82) is 0 Å². The molecular weight excluding hydrogens is 484 g/mol. The van der Waals surface area contributed by atoms with Gasteiger partial charge in [-0.1, -0.05) is 52.2 Å². The van der Waals surface area contributed by atoms with Crippen LogP contribution in [0.3, 0.4) is 0 Å². The number of rotatable bonds is 11. The van der Waals surface area contributed by atoms with Gasteiger partial charge in [0, 0.05) is 12.6 Å². The SMILES string of the molecule is C=CCCOC(=O)[C@H]1[C@H]2C(=O)N([C@@H](CO)C(C)C)C(C(=O)N(CC=C)C3CCCCC3)C23CC(C)[C@]1(C)O3. The summed E-state index contributed by atoms with van der Waals surface area (Å²) in [5.74, 6) is -2.73. The topological polar surface area (TPSA) is 96.4 Å². The summed E-state index contributed by atoms with van der Waals surface area (Å²) in [6, 6.07) is -1.42. The van der Waals surface area contributed by atoms with Crippen molar-refractivity contribution >= 4 is 17.8 Å². The molecule has 38 heavy (non-hydrogen) atoms. The Morgan fingerprint density at radius 1 is 1.24 bits per heavy atom. The van der Waals surface area contributed by atoms with Gasteiger partial charge >= 0.3 is 5.97 Å². The minimum Gasteiger partial charge on any atom is -0.465 e. The highest BCUT2D eigenvalue weighted by molar-refractivity contribution is 5.99. The third-order valence-electron chi connectivity index (χ3n) is 9.74. The molecule has 4 aliphatic rings. The molecule has 3 saturated heterocycles. The molecule has 0 radical (unpaired) electrons. The Morgan fingerprint density at radius 3 is 2.50 bits per heavy atom. The molecule has 1 aliphatic carbocycles. The largest absolute Gasteiger partial charge is 0.465 e. The van der Waals surface area contributed by atoms with E-state index in [0.29, 0.717) is 19.4 Å². The molecule has 2 bridgehead atoms. The molecule has 0 aromatic carbocycles. The summed E-state index contributed by atoms with van der Waals surface area (Å²) in [6.45, 7) is 15.7. The van der Waals surface area contributed by atoms with E-state index in [9.17, 15) is 19.5 Å². The molecule has 8 heteroatoms. The molecule has 4 rings (SSSR count). The molecule has 3 aliphatic heterocycles. The molecule has 2 amide bonds. The first kappa shape index (κ1) is 28.8. The quantitative estimate of drug-likeness (QED) is 0.250. The number of hydrogen-bond donors (Lipinski definition) is 1. The molecule has 1 spiro atoms. The maximum absolute atomic E-state index is 14.7. The summed E-state index contributed by atoms with van der Waals surface area (Å²) in [7, 11) is 0. The van der Waals surface area contributed by atoms with Crippen molar-refractivity contribution in [3.8, 4) is 0 Å². The van der Waals surface area contributed by atoms with E-state index in [4.69, 9.17) is 9.47 Å². The zero-order valence-electron chi connectivity index (χ0n) is 23.6. The lowest BCUT2D eigenvalue weighted by atomic mass is 9.62. The standard InChI is InChI=1S/C30H46N2O6/c1-7-9-16-37-28(36)24-23-26(34)32(22(18-33)19(3)4)25(30(23)17-20(5)29(24,6)38-30)27(35)31(15-8-2)21-13-11-10-12-14-21/h7-8,19-25,33H,1-2,9-18H2,3-6H3/t20?,22-,23-,24+,25?,29-,30?/m0/s1. The van der Waals surface area contributed by atoms with Crippen molar-refractivity contribution in [2.75, 3.05) is 19.8 Å². The third kappa shape index (κ3) is 4.41. The lowest BCUT2D eigenvalue weighted by molar-refractivity contribution is -0.164. The first-order valence-corrected chi connectivity index (χ1v) is 14.4. The van der Waals surface area contributed by atoms with Crippen LogP contribution in [0.5, 0.6) is 0 Å². The Kier molecular flexibility index (Phi) is 8.43. The zero-order valence-corrected chi connectivity index (χ0v) is 23.6. The fourth-order valence-electron chi connectivity index (χ4n) is 7.73. The van der Waals surface area contributed by atoms with Crippen LogP contribution in [0, 0.1) is 23.7 Å². The highest BCUT2D eigenvalue weighted by Crippen LogP contribution is 2.66. The molecule has 212 valence electrons. The summed E-state index contributed by atoms with van der Waals surface area (Å²) in [6.07, 6.45) is 9.53. The smallest absolute Gasteiger partial charge is 0.312 e. The van der Waals surface area contributed by atoms with Gasteiger partial charge in [-0.3, -0.25) is 14.4 Å². The van der Waals surface area contributed by atoms with E-state index in [-0.39, 0.29) is 42.9 Å². The van der Waals surface area contributed by atoms with Gasteiger partial charge in [0.25, 0.3) is 0 Å². The van der Waals surface area contributed by atoms with Crippen LogP contribution in [0.1, 0.15) is 72.6 Å². The van der Waals surface area contributed by atoms with E-state index in [1.54, 1.807) is 17.1 Å². The van der Waals surface area contributed by atoms with Crippen molar-refractivity contribution in [2.24, 2.45) is 23.7 Å². The number of ether oxygens (including phenoxy) is 2.